The fourth-order valence-corrected chi connectivity index (χ4v) is 3.79. The van der Waals surface area contributed by atoms with Gasteiger partial charge in [0.15, 0.2) is 9.84 Å². The van der Waals surface area contributed by atoms with Crippen LogP contribution in [-0.4, -0.2) is 57.6 Å². The fourth-order valence-electron chi connectivity index (χ4n) is 3.12. The van der Waals surface area contributed by atoms with Gasteiger partial charge in [-0.3, -0.25) is 4.79 Å². The predicted octanol–water partition coefficient (Wildman–Crippen LogP) is 1.79. The van der Waals surface area contributed by atoms with Crippen LogP contribution in [0.3, 0.4) is 0 Å². The number of rotatable bonds is 3. The van der Waals surface area contributed by atoms with E-state index in [1.807, 2.05) is 12.1 Å². The van der Waals surface area contributed by atoms with Gasteiger partial charge in [-0.05, 0) is 48.2 Å². The van der Waals surface area contributed by atoms with Gasteiger partial charge in [0.05, 0.1) is 10.5 Å². The van der Waals surface area contributed by atoms with Crippen LogP contribution in [0.25, 0.3) is 0 Å². The average Bonchev–Trinajstić information content (AvgIpc) is 2.82. The van der Waals surface area contributed by atoms with E-state index in [1.54, 1.807) is 38.5 Å². The number of carbonyl (C=O) groups excluding carboxylic acids is 1. The van der Waals surface area contributed by atoms with Crippen molar-refractivity contribution in [2.75, 3.05) is 38.3 Å². The van der Waals surface area contributed by atoms with Crippen molar-refractivity contribution in [3.63, 3.8) is 0 Å². The Morgan fingerprint density at radius 1 is 1.08 bits per heavy atom. The van der Waals surface area contributed by atoms with Crippen molar-refractivity contribution >= 4 is 21.6 Å². The Balaban J connectivity index is 1.78. The lowest BCUT2D eigenvalue weighted by atomic mass is 10.0. The van der Waals surface area contributed by atoms with Crippen molar-refractivity contribution in [1.82, 2.24) is 9.88 Å². The lowest BCUT2D eigenvalue weighted by Gasteiger charge is -2.21. The van der Waals surface area contributed by atoms with Gasteiger partial charge in [0, 0.05) is 39.6 Å². The number of fused-ring (bicyclic) bond motifs is 1. The first-order valence-corrected chi connectivity index (χ1v) is 10.4. The first-order chi connectivity index (χ1) is 12.3. The number of pyridine rings is 1. The topological polar surface area (TPSA) is 70.6 Å². The number of sulfone groups is 1. The SMILES string of the molecule is CN(C)C(=O)c1ccc(N2CCc3ccc(S(C)(=O)=O)cc3CC2)nc1. The molecule has 0 spiro atoms. The molecule has 1 aliphatic rings. The predicted molar refractivity (Wildman–Crippen MR) is 101 cm³/mol. The van der Waals surface area contributed by atoms with E-state index in [2.05, 4.69) is 9.88 Å². The minimum Gasteiger partial charge on any atom is -0.356 e. The van der Waals surface area contributed by atoms with E-state index in [-0.39, 0.29) is 5.91 Å². The van der Waals surface area contributed by atoms with Crippen molar-refractivity contribution in [2.45, 2.75) is 17.7 Å². The van der Waals surface area contributed by atoms with Gasteiger partial charge in [-0.1, -0.05) is 6.07 Å². The summed E-state index contributed by atoms with van der Waals surface area (Å²) in [4.78, 5) is 20.5. The van der Waals surface area contributed by atoms with Crippen LogP contribution in [-0.2, 0) is 22.7 Å². The number of nitrogens with zero attached hydrogens (tertiary/aromatic N) is 3. The standard InChI is InChI=1S/C19H23N3O3S/c1-21(2)19(23)16-5-7-18(20-13-16)22-10-8-14-4-6-17(26(3,24)25)12-15(14)9-11-22/h4-7,12-13H,8-11H2,1-3H3. The Hall–Kier alpha value is -2.41. The second kappa shape index (κ2) is 7.07. The summed E-state index contributed by atoms with van der Waals surface area (Å²) in [6, 6.07) is 9.06. The molecule has 0 saturated carbocycles. The first-order valence-electron chi connectivity index (χ1n) is 8.50. The van der Waals surface area contributed by atoms with Gasteiger partial charge in [0.2, 0.25) is 0 Å². The zero-order chi connectivity index (χ0) is 18.9. The molecule has 1 aromatic heterocycles. The molecule has 0 N–H and O–H groups in total. The molecule has 0 unspecified atom stereocenters. The maximum Gasteiger partial charge on any atom is 0.254 e. The molecule has 0 atom stereocenters. The largest absolute Gasteiger partial charge is 0.356 e. The lowest BCUT2D eigenvalue weighted by molar-refractivity contribution is 0.0827. The summed E-state index contributed by atoms with van der Waals surface area (Å²) < 4.78 is 23.5. The molecule has 3 rings (SSSR count). The highest BCUT2D eigenvalue weighted by Gasteiger charge is 2.18. The van der Waals surface area contributed by atoms with Gasteiger partial charge in [-0.25, -0.2) is 13.4 Å². The molecule has 0 bridgehead atoms. The molecule has 0 radical (unpaired) electrons. The van der Waals surface area contributed by atoms with E-state index in [1.165, 1.54) is 16.7 Å². The Bertz CT molecular complexity index is 922. The van der Waals surface area contributed by atoms with E-state index in [9.17, 15) is 13.2 Å². The highest BCUT2D eigenvalue weighted by Crippen LogP contribution is 2.23. The third-order valence-corrected chi connectivity index (χ3v) is 5.74. The van der Waals surface area contributed by atoms with Crippen LogP contribution < -0.4 is 4.90 Å². The molecule has 138 valence electrons. The summed E-state index contributed by atoms with van der Waals surface area (Å²) >= 11 is 0. The molecule has 1 aliphatic heterocycles. The van der Waals surface area contributed by atoms with Gasteiger partial charge < -0.3 is 9.80 Å². The van der Waals surface area contributed by atoms with Crippen LogP contribution >= 0.6 is 0 Å². The molecule has 1 aromatic carbocycles. The van der Waals surface area contributed by atoms with E-state index in [0.29, 0.717) is 10.5 Å². The maximum atomic E-state index is 12.0. The van der Waals surface area contributed by atoms with Crippen LogP contribution in [0.2, 0.25) is 0 Å². The average molecular weight is 373 g/mol. The van der Waals surface area contributed by atoms with Crippen LogP contribution in [0.5, 0.6) is 0 Å². The Kier molecular flexibility index (Phi) is 5.00. The molecular formula is C19H23N3O3S. The summed E-state index contributed by atoms with van der Waals surface area (Å²) in [7, 11) is 0.235. The van der Waals surface area contributed by atoms with Crippen LogP contribution in [0.1, 0.15) is 21.5 Å². The zero-order valence-corrected chi connectivity index (χ0v) is 16.1. The quantitative estimate of drug-likeness (QED) is 0.820. The number of benzene rings is 1. The minimum absolute atomic E-state index is 0.0689. The smallest absolute Gasteiger partial charge is 0.254 e. The Labute approximate surface area is 154 Å². The molecule has 1 amide bonds. The number of amides is 1. The summed E-state index contributed by atoms with van der Waals surface area (Å²) in [6.07, 6.45) is 4.44. The fraction of sp³-hybridized carbons (Fsp3) is 0.368. The third-order valence-electron chi connectivity index (χ3n) is 4.63. The Morgan fingerprint density at radius 2 is 1.77 bits per heavy atom. The van der Waals surface area contributed by atoms with E-state index in [4.69, 9.17) is 0 Å². The van der Waals surface area contributed by atoms with Crippen molar-refractivity contribution < 1.29 is 13.2 Å². The van der Waals surface area contributed by atoms with Crippen molar-refractivity contribution in [3.05, 3.63) is 53.2 Å². The summed E-state index contributed by atoms with van der Waals surface area (Å²) in [5, 5.41) is 0. The third kappa shape index (κ3) is 3.88. The normalized spacial score (nSPS) is 14.5. The van der Waals surface area contributed by atoms with E-state index in [0.717, 1.165) is 37.3 Å². The lowest BCUT2D eigenvalue weighted by Crippen LogP contribution is -2.27. The second-order valence-corrected chi connectivity index (χ2v) is 8.81. The second-order valence-electron chi connectivity index (χ2n) is 6.79. The number of aromatic nitrogens is 1. The maximum absolute atomic E-state index is 12.0. The molecule has 2 heterocycles. The molecule has 0 fully saturated rings. The van der Waals surface area contributed by atoms with E-state index < -0.39 is 9.84 Å². The van der Waals surface area contributed by atoms with Crippen LogP contribution in [0.15, 0.2) is 41.4 Å². The van der Waals surface area contributed by atoms with Gasteiger partial charge >= 0.3 is 0 Å². The number of hydrogen-bond donors (Lipinski definition) is 0. The zero-order valence-electron chi connectivity index (χ0n) is 15.3. The molecule has 7 heteroatoms. The monoisotopic (exact) mass is 373 g/mol. The van der Waals surface area contributed by atoms with Crippen molar-refractivity contribution in [3.8, 4) is 0 Å². The summed E-state index contributed by atoms with van der Waals surface area (Å²) in [6.45, 7) is 1.56. The Morgan fingerprint density at radius 3 is 2.35 bits per heavy atom. The molecule has 2 aromatic rings. The number of anilines is 1. The van der Waals surface area contributed by atoms with Crippen LogP contribution in [0.4, 0.5) is 5.82 Å². The summed E-state index contributed by atoms with van der Waals surface area (Å²) in [5.41, 5.74) is 2.82. The number of hydrogen-bond acceptors (Lipinski definition) is 5. The van der Waals surface area contributed by atoms with Gasteiger partial charge in [0.1, 0.15) is 5.82 Å². The molecule has 0 saturated heterocycles. The molecular weight excluding hydrogens is 350 g/mol. The molecule has 0 aliphatic carbocycles. The highest BCUT2D eigenvalue weighted by atomic mass is 32.2. The van der Waals surface area contributed by atoms with Gasteiger partial charge in [-0.15, -0.1) is 0 Å². The van der Waals surface area contributed by atoms with Gasteiger partial charge in [-0.2, -0.15) is 0 Å². The summed E-state index contributed by atoms with van der Waals surface area (Å²) in [5.74, 6) is 0.761. The van der Waals surface area contributed by atoms with E-state index >= 15 is 0 Å². The highest BCUT2D eigenvalue weighted by molar-refractivity contribution is 7.90. The van der Waals surface area contributed by atoms with Crippen LogP contribution in [0, 0.1) is 0 Å². The molecule has 6 nitrogen and oxygen atoms in total. The molecule has 26 heavy (non-hydrogen) atoms. The minimum atomic E-state index is -3.20. The van der Waals surface area contributed by atoms with Gasteiger partial charge in [0.25, 0.3) is 5.91 Å². The number of carbonyl (C=O) groups is 1. The first kappa shape index (κ1) is 18.4. The van der Waals surface area contributed by atoms with Crippen molar-refractivity contribution in [2.24, 2.45) is 0 Å². The van der Waals surface area contributed by atoms with Crippen molar-refractivity contribution in [1.29, 1.82) is 0 Å².